The van der Waals surface area contributed by atoms with E-state index in [2.05, 4.69) is 6.92 Å². The van der Waals surface area contributed by atoms with Gasteiger partial charge in [0.2, 0.25) is 5.91 Å². The fraction of sp³-hybridized carbons (Fsp3) is 0.941. The van der Waals surface area contributed by atoms with Crippen molar-refractivity contribution in [2.24, 2.45) is 5.73 Å². The van der Waals surface area contributed by atoms with Crippen molar-refractivity contribution in [1.82, 2.24) is 0 Å². The minimum Gasteiger partial charge on any atom is -0.390 e. The van der Waals surface area contributed by atoms with E-state index in [1.165, 1.54) is 57.8 Å². The molecule has 124 valence electrons. The van der Waals surface area contributed by atoms with Gasteiger partial charge in [-0.25, -0.2) is 0 Å². The highest BCUT2D eigenvalue weighted by atomic mass is 16.6. The Labute approximate surface area is 129 Å². The minimum atomic E-state index is -0.548. The highest BCUT2D eigenvalue weighted by Crippen LogP contribution is 2.27. The van der Waals surface area contributed by atoms with Crippen molar-refractivity contribution in [2.45, 2.75) is 102 Å². The molecule has 0 aromatic heterocycles. The first-order valence-corrected chi connectivity index (χ1v) is 8.79. The van der Waals surface area contributed by atoms with Gasteiger partial charge in [0.15, 0.2) is 6.10 Å². The van der Waals surface area contributed by atoms with Crippen molar-refractivity contribution in [1.29, 1.82) is 0 Å². The zero-order valence-corrected chi connectivity index (χ0v) is 13.6. The lowest BCUT2D eigenvalue weighted by molar-refractivity contribution is -0.119. The number of amides is 1. The number of aliphatic hydroxyl groups excluding tert-OH is 1. The Balaban J connectivity index is 1.80. The highest BCUT2D eigenvalue weighted by molar-refractivity contribution is 5.81. The Morgan fingerprint density at radius 3 is 1.90 bits per heavy atom. The molecule has 1 amide bonds. The minimum absolute atomic E-state index is 0.342. The molecule has 0 bridgehead atoms. The largest absolute Gasteiger partial charge is 0.390 e. The number of aliphatic hydroxyl groups is 1. The number of carbonyl (C=O) groups is 1. The molecular formula is C17H33NO3. The van der Waals surface area contributed by atoms with Crippen molar-refractivity contribution < 1.29 is 14.6 Å². The van der Waals surface area contributed by atoms with Gasteiger partial charge < -0.3 is 15.6 Å². The summed E-state index contributed by atoms with van der Waals surface area (Å²) in [7, 11) is 0. The molecule has 1 rings (SSSR count). The Morgan fingerprint density at radius 2 is 1.48 bits per heavy atom. The van der Waals surface area contributed by atoms with Crippen LogP contribution in [0.5, 0.6) is 0 Å². The van der Waals surface area contributed by atoms with Crippen molar-refractivity contribution in [3.05, 3.63) is 0 Å². The van der Waals surface area contributed by atoms with Crippen LogP contribution in [0.3, 0.4) is 0 Å². The number of nitrogens with two attached hydrogens (primary N) is 1. The van der Waals surface area contributed by atoms with Crippen molar-refractivity contribution in [3.8, 4) is 0 Å². The molecule has 1 aliphatic rings. The molecule has 1 fully saturated rings. The molecule has 0 unspecified atom stereocenters. The van der Waals surface area contributed by atoms with E-state index in [0.717, 1.165) is 12.8 Å². The molecule has 3 N–H and O–H groups in total. The molecule has 0 spiro atoms. The van der Waals surface area contributed by atoms with Gasteiger partial charge >= 0.3 is 0 Å². The van der Waals surface area contributed by atoms with Gasteiger partial charge in [-0.15, -0.1) is 0 Å². The predicted octanol–water partition coefficient (Wildman–Crippen LogP) is 3.30. The maximum absolute atomic E-state index is 10.8. The van der Waals surface area contributed by atoms with E-state index < -0.39 is 18.1 Å². The summed E-state index contributed by atoms with van der Waals surface area (Å²) in [5.74, 6) is -0.460. The molecule has 4 heteroatoms. The number of unbranched alkanes of at least 4 members (excludes halogenated alkanes) is 10. The van der Waals surface area contributed by atoms with Crippen LogP contribution in [-0.2, 0) is 9.53 Å². The Kier molecular flexibility index (Phi) is 9.68. The maximum Gasteiger partial charge on any atom is 0.249 e. The number of ether oxygens (including phenoxy) is 1. The number of epoxide rings is 1. The normalized spacial score (nSPS) is 22.2. The molecule has 1 heterocycles. The average molecular weight is 299 g/mol. The molecule has 0 radical (unpaired) electrons. The van der Waals surface area contributed by atoms with Crippen LogP contribution in [0.15, 0.2) is 0 Å². The van der Waals surface area contributed by atoms with Gasteiger partial charge in [0.1, 0.15) is 6.10 Å². The molecular weight excluding hydrogens is 266 g/mol. The lowest BCUT2D eigenvalue weighted by Gasteiger charge is -2.07. The molecule has 3 atom stereocenters. The second-order valence-corrected chi connectivity index (χ2v) is 6.32. The lowest BCUT2D eigenvalue weighted by atomic mass is 10.0. The van der Waals surface area contributed by atoms with Crippen molar-refractivity contribution in [2.75, 3.05) is 0 Å². The topological polar surface area (TPSA) is 75.8 Å². The number of hydrogen-bond donors (Lipinski definition) is 2. The monoisotopic (exact) mass is 299 g/mol. The molecule has 0 aromatic rings. The van der Waals surface area contributed by atoms with Gasteiger partial charge in [-0.1, -0.05) is 77.6 Å². The summed E-state index contributed by atoms with van der Waals surface area (Å²) < 4.78 is 5.07. The molecule has 4 nitrogen and oxygen atoms in total. The van der Waals surface area contributed by atoms with Crippen LogP contribution in [0.1, 0.15) is 84.0 Å². The zero-order chi connectivity index (χ0) is 15.5. The summed E-state index contributed by atoms with van der Waals surface area (Å²) in [4.78, 5) is 10.8. The molecule has 1 saturated heterocycles. The second-order valence-electron chi connectivity index (χ2n) is 6.32. The summed E-state index contributed by atoms with van der Waals surface area (Å²) in [5.41, 5.74) is 5.11. The number of rotatable bonds is 14. The van der Waals surface area contributed by atoms with Crippen molar-refractivity contribution in [3.63, 3.8) is 0 Å². The summed E-state index contributed by atoms with van der Waals surface area (Å²) in [6, 6.07) is 0. The first kappa shape index (κ1) is 18.4. The summed E-state index contributed by atoms with van der Waals surface area (Å²) in [6.45, 7) is 2.25. The molecule has 1 aliphatic heterocycles. The number of carbonyl (C=O) groups excluding carboxylic acids is 1. The van der Waals surface area contributed by atoms with E-state index in [9.17, 15) is 9.90 Å². The van der Waals surface area contributed by atoms with Crippen LogP contribution in [0.2, 0.25) is 0 Å². The predicted molar refractivity (Wildman–Crippen MR) is 84.9 cm³/mol. The third-order valence-electron chi connectivity index (χ3n) is 4.29. The summed E-state index contributed by atoms with van der Waals surface area (Å²) in [6.07, 6.45) is 13.6. The molecule has 0 aliphatic carbocycles. The Hall–Kier alpha value is -0.610. The van der Waals surface area contributed by atoms with Crippen LogP contribution < -0.4 is 5.73 Å². The molecule has 0 saturated carbocycles. The Bertz CT molecular complexity index is 283. The molecule has 21 heavy (non-hydrogen) atoms. The smallest absolute Gasteiger partial charge is 0.249 e. The van der Waals surface area contributed by atoms with Crippen molar-refractivity contribution >= 4 is 5.91 Å². The zero-order valence-electron chi connectivity index (χ0n) is 13.6. The van der Waals surface area contributed by atoms with Gasteiger partial charge in [0.05, 0.1) is 6.10 Å². The van der Waals surface area contributed by atoms with E-state index in [-0.39, 0.29) is 6.10 Å². The fourth-order valence-corrected chi connectivity index (χ4v) is 2.83. The number of primary amides is 1. The fourth-order valence-electron chi connectivity index (χ4n) is 2.83. The standard InChI is InChI=1S/C17H33NO3/c1-2-3-4-5-6-7-8-9-10-11-12-13-14(19)15-16(21-15)17(18)20/h14-16,19H,2-13H2,1H3,(H2,18,20)/t14-,15+,16+/m0/s1. The van der Waals surface area contributed by atoms with Gasteiger partial charge in [-0.3, -0.25) is 4.79 Å². The van der Waals surface area contributed by atoms with E-state index >= 15 is 0 Å². The van der Waals surface area contributed by atoms with Crippen LogP contribution in [0.25, 0.3) is 0 Å². The lowest BCUT2D eigenvalue weighted by Crippen LogP contribution is -2.25. The third kappa shape index (κ3) is 8.42. The average Bonchev–Trinajstić information content (AvgIpc) is 3.25. The first-order valence-electron chi connectivity index (χ1n) is 8.79. The second kappa shape index (κ2) is 11.0. The van der Waals surface area contributed by atoms with Crippen LogP contribution in [0.4, 0.5) is 0 Å². The van der Waals surface area contributed by atoms with Gasteiger partial charge in [0.25, 0.3) is 0 Å². The number of hydrogen-bond acceptors (Lipinski definition) is 3. The third-order valence-corrected chi connectivity index (χ3v) is 4.29. The quantitative estimate of drug-likeness (QED) is 0.382. The van der Waals surface area contributed by atoms with E-state index in [0.29, 0.717) is 6.42 Å². The van der Waals surface area contributed by atoms with Crippen LogP contribution in [0, 0.1) is 0 Å². The van der Waals surface area contributed by atoms with Crippen LogP contribution in [-0.4, -0.2) is 29.3 Å². The van der Waals surface area contributed by atoms with Gasteiger partial charge in [-0.05, 0) is 6.42 Å². The summed E-state index contributed by atoms with van der Waals surface area (Å²) in [5, 5.41) is 9.82. The highest BCUT2D eigenvalue weighted by Gasteiger charge is 2.48. The first-order chi connectivity index (χ1) is 10.2. The van der Waals surface area contributed by atoms with E-state index in [1.54, 1.807) is 0 Å². The SMILES string of the molecule is CCCCCCCCCCCCC[C@H](O)[C@H]1O[C@H]1C(N)=O. The molecule has 0 aromatic carbocycles. The maximum atomic E-state index is 10.8. The summed E-state index contributed by atoms with van der Waals surface area (Å²) >= 11 is 0. The van der Waals surface area contributed by atoms with E-state index in [4.69, 9.17) is 10.5 Å². The Morgan fingerprint density at radius 1 is 1.00 bits per heavy atom. The van der Waals surface area contributed by atoms with E-state index in [1.807, 2.05) is 0 Å². The van der Waals surface area contributed by atoms with Crippen LogP contribution >= 0.6 is 0 Å². The van der Waals surface area contributed by atoms with Gasteiger partial charge in [0, 0.05) is 0 Å². The van der Waals surface area contributed by atoms with Gasteiger partial charge in [-0.2, -0.15) is 0 Å².